The second kappa shape index (κ2) is 11.1. The van der Waals surface area contributed by atoms with E-state index in [1.807, 2.05) is 0 Å². The summed E-state index contributed by atoms with van der Waals surface area (Å²) in [6.45, 7) is -0.519. The van der Waals surface area contributed by atoms with Gasteiger partial charge in [0.1, 0.15) is 6.54 Å². The quantitative estimate of drug-likeness (QED) is 0.252. The fourth-order valence-corrected chi connectivity index (χ4v) is 5.54. The van der Waals surface area contributed by atoms with Gasteiger partial charge in [0.05, 0.1) is 16.3 Å². The first-order valence-electron chi connectivity index (χ1n) is 10.8. The Morgan fingerprint density at radius 3 is 2.17 bits per heavy atom. The molecule has 0 aliphatic rings. The fourth-order valence-electron chi connectivity index (χ4n) is 3.54. The zero-order valence-corrected chi connectivity index (χ0v) is 21.9. The Labute approximate surface area is 222 Å². The largest absolute Gasteiger partial charge is 0.324 e. The average molecular weight is 584 g/mol. The zero-order valence-electron chi connectivity index (χ0n) is 18.8. The topological polar surface area (TPSA) is 83.6 Å². The van der Waals surface area contributed by atoms with Gasteiger partial charge in [0.25, 0.3) is 10.0 Å². The predicted octanol–water partition coefficient (Wildman–Crippen LogP) is 6.17. The lowest BCUT2D eigenvalue weighted by Crippen LogP contribution is -2.38. The zero-order chi connectivity index (χ0) is 25.7. The highest BCUT2D eigenvalue weighted by atomic mass is 79.9. The molecule has 1 N–H and O–H groups in total. The van der Waals surface area contributed by atoms with Crippen molar-refractivity contribution in [1.82, 2.24) is 0 Å². The molecule has 4 rings (SSSR count). The third-order valence-corrected chi connectivity index (χ3v) is 7.77. The molecule has 0 aliphatic carbocycles. The molecule has 4 aromatic rings. The maximum absolute atomic E-state index is 13.5. The Hall–Kier alpha value is -3.46. The van der Waals surface area contributed by atoms with Gasteiger partial charge in [-0.1, -0.05) is 82.1 Å². The number of halogens is 2. The van der Waals surface area contributed by atoms with E-state index in [1.165, 1.54) is 24.3 Å². The molecular formula is C27H20BrClN2O4S. The molecule has 0 bridgehead atoms. The second-order valence-corrected chi connectivity index (χ2v) is 11.0. The number of rotatable bonds is 8. The van der Waals surface area contributed by atoms with Gasteiger partial charge in [-0.2, -0.15) is 0 Å². The average Bonchev–Trinajstić information content (AvgIpc) is 2.89. The van der Waals surface area contributed by atoms with E-state index in [0.717, 1.165) is 4.31 Å². The lowest BCUT2D eigenvalue weighted by Gasteiger charge is -2.24. The SMILES string of the molecule is O=C(CN(c1cccc(Br)c1)S(=O)(=O)c1ccccc1)Nc1ccc(Cl)cc1C(=O)c1ccccc1. The van der Waals surface area contributed by atoms with Crippen molar-refractivity contribution in [2.24, 2.45) is 0 Å². The minimum atomic E-state index is -4.07. The molecule has 0 unspecified atom stereocenters. The van der Waals surface area contributed by atoms with Gasteiger partial charge >= 0.3 is 0 Å². The third-order valence-electron chi connectivity index (χ3n) is 5.25. The van der Waals surface area contributed by atoms with Gasteiger partial charge in [-0.15, -0.1) is 0 Å². The molecule has 0 heterocycles. The van der Waals surface area contributed by atoms with Crippen molar-refractivity contribution < 1.29 is 18.0 Å². The fraction of sp³-hybridized carbons (Fsp3) is 0.0370. The normalized spacial score (nSPS) is 11.1. The Bertz CT molecular complexity index is 1510. The standard InChI is InChI=1S/C27H20BrClN2O4S/c28-20-10-7-11-22(16-20)31(36(34,35)23-12-5-2-6-13-23)18-26(32)30-25-15-14-21(29)17-24(25)27(33)19-8-3-1-4-9-19/h1-17H,18H2,(H,30,32). The van der Waals surface area contributed by atoms with Crippen molar-refractivity contribution in [2.75, 3.05) is 16.2 Å². The van der Waals surface area contributed by atoms with Crippen LogP contribution in [-0.2, 0) is 14.8 Å². The number of hydrogen-bond acceptors (Lipinski definition) is 4. The van der Waals surface area contributed by atoms with Gasteiger partial charge in [0.2, 0.25) is 5.91 Å². The van der Waals surface area contributed by atoms with Crippen molar-refractivity contribution in [3.63, 3.8) is 0 Å². The lowest BCUT2D eigenvalue weighted by molar-refractivity contribution is -0.114. The van der Waals surface area contributed by atoms with Crippen LogP contribution < -0.4 is 9.62 Å². The molecule has 1 amide bonds. The lowest BCUT2D eigenvalue weighted by atomic mass is 10.0. The van der Waals surface area contributed by atoms with E-state index in [4.69, 9.17) is 11.6 Å². The Kier molecular flexibility index (Phi) is 7.88. The summed E-state index contributed by atoms with van der Waals surface area (Å²) in [6, 6.07) is 27.6. The van der Waals surface area contributed by atoms with Gasteiger partial charge in [-0.3, -0.25) is 13.9 Å². The van der Waals surface area contributed by atoms with Crippen molar-refractivity contribution in [3.05, 3.63) is 124 Å². The Morgan fingerprint density at radius 2 is 1.50 bits per heavy atom. The minimum absolute atomic E-state index is 0.0456. The number of carbonyl (C=O) groups is 2. The molecule has 0 fully saturated rings. The summed E-state index contributed by atoms with van der Waals surface area (Å²) < 4.78 is 28.7. The van der Waals surface area contributed by atoms with E-state index in [-0.39, 0.29) is 21.9 Å². The van der Waals surface area contributed by atoms with Crippen LogP contribution in [0.3, 0.4) is 0 Å². The van der Waals surface area contributed by atoms with E-state index < -0.39 is 22.5 Å². The van der Waals surface area contributed by atoms with Crippen LogP contribution >= 0.6 is 27.5 Å². The highest BCUT2D eigenvalue weighted by Crippen LogP contribution is 2.27. The van der Waals surface area contributed by atoms with Crippen LogP contribution in [0.2, 0.25) is 5.02 Å². The number of carbonyl (C=O) groups excluding carboxylic acids is 2. The first kappa shape index (κ1) is 25.6. The molecule has 0 atom stereocenters. The summed E-state index contributed by atoms with van der Waals surface area (Å²) in [5.41, 5.74) is 1.16. The molecule has 0 radical (unpaired) electrons. The van der Waals surface area contributed by atoms with Crippen molar-refractivity contribution >= 4 is 60.6 Å². The summed E-state index contributed by atoms with van der Waals surface area (Å²) in [4.78, 5) is 26.3. The Morgan fingerprint density at radius 1 is 0.833 bits per heavy atom. The van der Waals surface area contributed by atoms with Crippen LogP contribution in [0.25, 0.3) is 0 Å². The first-order chi connectivity index (χ1) is 17.3. The smallest absolute Gasteiger partial charge is 0.264 e. The van der Waals surface area contributed by atoms with Gasteiger partial charge in [-0.05, 0) is 48.5 Å². The van der Waals surface area contributed by atoms with Gasteiger partial charge < -0.3 is 5.32 Å². The van der Waals surface area contributed by atoms with Crippen molar-refractivity contribution in [2.45, 2.75) is 4.90 Å². The number of ketones is 1. The molecule has 6 nitrogen and oxygen atoms in total. The molecule has 0 aromatic heterocycles. The van der Waals surface area contributed by atoms with Crippen molar-refractivity contribution in [3.8, 4) is 0 Å². The number of nitrogens with one attached hydrogen (secondary N) is 1. The monoisotopic (exact) mass is 582 g/mol. The summed E-state index contributed by atoms with van der Waals surface area (Å²) in [5, 5.41) is 3.02. The summed E-state index contributed by atoms with van der Waals surface area (Å²) in [7, 11) is -4.07. The van der Waals surface area contributed by atoms with Gasteiger partial charge in [0, 0.05) is 20.6 Å². The van der Waals surface area contributed by atoms with E-state index in [2.05, 4.69) is 21.2 Å². The highest BCUT2D eigenvalue weighted by molar-refractivity contribution is 9.10. The number of nitrogens with zero attached hydrogens (tertiary/aromatic N) is 1. The molecule has 36 heavy (non-hydrogen) atoms. The molecular weight excluding hydrogens is 564 g/mol. The summed E-state index contributed by atoms with van der Waals surface area (Å²) in [6.07, 6.45) is 0. The van der Waals surface area contributed by atoms with E-state index >= 15 is 0 Å². The van der Waals surface area contributed by atoms with E-state index in [0.29, 0.717) is 20.7 Å². The van der Waals surface area contributed by atoms with Gasteiger partial charge in [-0.25, -0.2) is 8.42 Å². The van der Waals surface area contributed by atoms with Crippen LogP contribution in [0.4, 0.5) is 11.4 Å². The summed E-state index contributed by atoms with van der Waals surface area (Å²) >= 11 is 9.49. The maximum Gasteiger partial charge on any atom is 0.264 e. The number of hydrogen-bond donors (Lipinski definition) is 1. The molecule has 0 spiro atoms. The molecule has 0 aliphatic heterocycles. The minimum Gasteiger partial charge on any atom is -0.324 e. The number of amides is 1. The van der Waals surface area contributed by atoms with E-state index in [9.17, 15) is 18.0 Å². The van der Waals surface area contributed by atoms with Crippen LogP contribution in [0.15, 0.2) is 112 Å². The maximum atomic E-state index is 13.5. The van der Waals surface area contributed by atoms with Crippen LogP contribution in [-0.4, -0.2) is 26.7 Å². The predicted molar refractivity (Wildman–Crippen MR) is 145 cm³/mol. The van der Waals surface area contributed by atoms with Crippen LogP contribution in [0.1, 0.15) is 15.9 Å². The third kappa shape index (κ3) is 5.84. The van der Waals surface area contributed by atoms with Crippen LogP contribution in [0, 0.1) is 0 Å². The molecule has 9 heteroatoms. The second-order valence-electron chi connectivity index (χ2n) is 7.74. The molecule has 0 saturated heterocycles. The van der Waals surface area contributed by atoms with Crippen molar-refractivity contribution in [1.29, 1.82) is 0 Å². The Balaban J connectivity index is 1.67. The summed E-state index contributed by atoms with van der Waals surface area (Å²) in [5.74, 6) is -0.951. The molecule has 4 aromatic carbocycles. The highest BCUT2D eigenvalue weighted by Gasteiger charge is 2.28. The van der Waals surface area contributed by atoms with E-state index in [1.54, 1.807) is 78.9 Å². The number of sulfonamides is 1. The first-order valence-corrected chi connectivity index (χ1v) is 13.4. The molecule has 182 valence electrons. The van der Waals surface area contributed by atoms with Crippen LogP contribution in [0.5, 0.6) is 0 Å². The molecule has 0 saturated carbocycles. The number of anilines is 2. The number of benzene rings is 4. The van der Waals surface area contributed by atoms with Gasteiger partial charge in [0.15, 0.2) is 5.78 Å².